The summed E-state index contributed by atoms with van der Waals surface area (Å²) >= 11 is 1.18. The van der Waals surface area contributed by atoms with Gasteiger partial charge in [0.05, 0.1) is 28.4 Å². The Morgan fingerprint density at radius 1 is 1.00 bits per heavy atom. The number of benzene rings is 3. The van der Waals surface area contributed by atoms with E-state index in [2.05, 4.69) is 5.32 Å². The molecule has 3 aromatic carbocycles. The van der Waals surface area contributed by atoms with E-state index in [4.69, 9.17) is 4.98 Å². The molecule has 4 rings (SSSR count). The third-order valence-corrected chi connectivity index (χ3v) is 6.73. The zero-order valence-corrected chi connectivity index (χ0v) is 20.8. The normalized spacial score (nSPS) is 11.9. The summed E-state index contributed by atoms with van der Waals surface area (Å²) in [6.07, 6.45) is 0.425. The lowest BCUT2D eigenvalue weighted by molar-refractivity contribution is -0.125. The second kappa shape index (κ2) is 10.7. The Balaban J connectivity index is 1.62. The smallest absolute Gasteiger partial charge is 0.266 e. The highest BCUT2D eigenvalue weighted by Gasteiger charge is 2.20. The third-order valence-electron chi connectivity index (χ3n) is 5.79. The van der Waals surface area contributed by atoms with Gasteiger partial charge >= 0.3 is 0 Å². The SMILES string of the molecule is CC(=O)C(Cc1ccccc1)NC(=O)CSc1nc2ccccc2c(=O)n1-c1cc(C)ccc1C. The first-order valence-electron chi connectivity index (χ1n) is 11.4. The van der Waals surface area contributed by atoms with Crippen LogP contribution in [0.5, 0.6) is 0 Å². The van der Waals surface area contributed by atoms with E-state index < -0.39 is 6.04 Å². The highest BCUT2D eigenvalue weighted by atomic mass is 32.2. The monoisotopic (exact) mass is 485 g/mol. The zero-order chi connectivity index (χ0) is 24.9. The van der Waals surface area contributed by atoms with Crippen molar-refractivity contribution in [1.29, 1.82) is 0 Å². The summed E-state index contributed by atoms with van der Waals surface area (Å²) in [5, 5.41) is 3.79. The van der Waals surface area contributed by atoms with Gasteiger partial charge in [-0.05, 0) is 62.1 Å². The summed E-state index contributed by atoms with van der Waals surface area (Å²) in [4.78, 5) is 43.2. The lowest BCUT2D eigenvalue weighted by Crippen LogP contribution is -2.42. The van der Waals surface area contributed by atoms with Crippen LogP contribution in [0.25, 0.3) is 16.6 Å². The number of carbonyl (C=O) groups excluding carboxylic acids is 2. The number of carbonyl (C=O) groups is 2. The number of hydrogen-bond donors (Lipinski definition) is 1. The second-order valence-electron chi connectivity index (χ2n) is 8.55. The lowest BCUT2D eigenvalue weighted by Gasteiger charge is -2.17. The van der Waals surface area contributed by atoms with Crippen LogP contribution in [0.1, 0.15) is 23.6 Å². The lowest BCUT2D eigenvalue weighted by atomic mass is 10.0. The van der Waals surface area contributed by atoms with Crippen molar-refractivity contribution in [1.82, 2.24) is 14.9 Å². The first-order chi connectivity index (χ1) is 16.8. The van der Waals surface area contributed by atoms with Crippen LogP contribution >= 0.6 is 11.8 Å². The number of amides is 1. The fourth-order valence-corrected chi connectivity index (χ4v) is 4.71. The predicted octanol–water partition coefficient (Wildman–Crippen LogP) is 4.41. The Labute approximate surface area is 208 Å². The number of nitrogens with zero attached hydrogens (tertiary/aromatic N) is 2. The van der Waals surface area contributed by atoms with E-state index in [-0.39, 0.29) is 23.0 Å². The molecule has 1 heterocycles. The maximum Gasteiger partial charge on any atom is 0.266 e. The second-order valence-corrected chi connectivity index (χ2v) is 9.49. The van der Waals surface area contributed by atoms with E-state index in [1.165, 1.54) is 18.7 Å². The molecule has 1 aromatic heterocycles. The minimum absolute atomic E-state index is 0.0220. The van der Waals surface area contributed by atoms with Crippen LogP contribution in [-0.2, 0) is 16.0 Å². The summed E-state index contributed by atoms with van der Waals surface area (Å²) in [7, 11) is 0. The summed E-state index contributed by atoms with van der Waals surface area (Å²) in [5.41, 5.74) is 4.05. The fraction of sp³-hybridized carbons (Fsp3) is 0.214. The molecule has 178 valence electrons. The summed E-state index contributed by atoms with van der Waals surface area (Å²) in [5.74, 6) is -0.377. The topological polar surface area (TPSA) is 81.1 Å². The van der Waals surface area contributed by atoms with Gasteiger partial charge in [-0.3, -0.25) is 19.0 Å². The molecule has 1 amide bonds. The minimum Gasteiger partial charge on any atom is -0.345 e. The van der Waals surface area contributed by atoms with E-state index in [0.717, 1.165) is 22.4 Å². The summed E-state index contributed by atoms with van der Waals surface area (Å²) in [6, 6.07) is 22.1. The molecule has 1 unspecified atom stereocenters. The van der Waals surface area contributed by atoms with Crippen molar-refractivity contribution in [3.8, 4) is 5.69 Å². The fourth-order valence-electron chi connectivity index (χ4n) is 3.89. The Hall–Kier alpha value is -3.71. The summed E-state index contributed by atoms with van der Waals surface area (Å²) < 4.78 is 1.58. The van der Waals surface area contributed by atoms with E-state index in [1.807, 2.05) is 74.5 Å². The van der Waals surface area contributed by atoms with Gasteiger partial charge in [0.25, 0.3) is 5.56 Å². The number of aryl methyl sites for hydroxylation is 2. The largest absolute Gasteiger partial charge is 0.345 e. The van der Waals surface area contributed by atoms with Crippen molar-refractivity contribution < 1.29 is 9.59 Å². The van der Waals surface area contributed by atoms with Gasteiger partial charge in [0.2, 0.25) is 5.91 Å². The molecule has 4 aromatic rings. The highest BCUT2D eigenvalue weighted by Crippen LogP contribution is 2.24. The van der Waals surface area contributed by atoms with Gasteiger partial charge in [-0.1, -0.05) is 66.4 Å². The number of nitrogens with one attached hydrogen (secondary N) is 1. The zero-order valence-electron chi connectivity index (χ0n) is 19.9. The number of ketones is 1. The predicted molar refractivity (Wildman–Crippen MR) is 140 cm³/mol. The van der Waals surface area contributed by atoms with E-state index in [9.17, 15) is 14.4 Å². The Morgan fingerprint density at radius 2 is 1.71 bits per heavy atom. The molecule has 0 saturated heterocycles. The molecule has 35 heavy (non-hydrogen) atoms. The molecular weight excluding hydrogens is 458 g/mol. The number of fused-ring (bicyclic) bond motifs is 1. The molecule has 0 aliphatic rings. The van der Waals surface area contributed by atoms with Gasteiger partial charge in [0.15, 0.2) is 10.9 Å². The first kappa shape index (κ1) is 24.4. The molecule has 0 radical (unpaired) electrons. The van der Waals surface area contributed by atoms with Gasteiger partial charge in [0.1, 0.15) is 0 Å². The van der Waals surface area contributed by atoms with Crippen molar-refractivity contribution in [3.63, 3.8) is 0 Å². The molecule has 0 fully saturated rings. The Morgan fingerprint density at radius 3 is 2.46 bits per heavy atom. The third kappa shape index (κ3) is 5.69. The highest BCUT2D eigenvalue weighted by molar-refractivity contribution is 7.99. The average molecular weight is 486 g/mol. The number of aromatic nitrogens is 2. The van der Waals surface area contributed by atoms with E-state index in [0.29, 0.717) is 22.5 Å². The maximum absolute atomic E-state index is 13.5. The van der Waals surface area contributed by atoms with Crippen LogP contribution in [0.2, 0.25) is 0 Å². The van der Waals surface area contributed by atoms with E-state index >= 15 is 0 Å². The molecule has 6 nitrogen and oxygen atoms in total. The average Bonchev–Trinajstić information content (AvgIpc) is 2.85. The molecule has 0 spiro atoms. The van der Waals surface area contributed by atoms with Gasteiger partial charge in [-0.2, -0.15) is 0 Å². The molecule has 1 N–H and O–H groups in total. The number of rotatable bonds is 8. The van der Waals surface area contributed by atoms with Gasteiger partial charge < -0.3 is 5.32 Å². The number of hydrogen-bond acceptors (Lipinski definition) is 5. The van der Waals surface area contributed by atoms with Crippen molar-refractivity contribution in [2.45, 2.75) is 38.4 Å². The number of Topliss-reactive ketones (excluding diaryl/α,β-unsaturated/α-hetero) is 1. The van der Waals surface area contributed by atoms with Crippen LogP contribution in [0.15, 0.2) is 82.7 Å². The molecule has 0 aliphatic carbocycles. The Bertz CT molecular complexity index is 1450. The first-order valence-corrected chi connectivity index (χ1v) is 12.4. The quantitative estimate of drug-likeness (QED) is 0.295. The van der Waals surface area contributed by atoms with Crippen LogP contribution < -0.4 is 10.9 Å². The van der Waals surface area contributed by atoms with Crippen molar-refractivity contribution >= 4 is 34.4 Å². The van der Waals surface area contributed by atoms with Crippen LogP contribution in [0, 0.1) is 13.8 Å². The van der Waals surface area contributed by atoms with Crippen LogP contribution in [-0.4, -0.2) is 33.0 Å². The number of para-hydroxylation sites is 1. The minimum atomic E-state index is -0.615. The van der Waals surface area contributed by atoms with Crippen molar-refractivity contribution in [2.75, 3.05) is 5.75 Å². The van der Waals surface area contributed by atoms with Crippen LogP contribution in [0.3, 0.4) is 0 Å². The van der Waals surface area contributed by atoms with Crippen molar-refractivity contribution in [3.05, 3.63) is 99.8 Å². The van der Waals surface area contributed by atoms with Crippen molar-refractivity contribution in [2.24, 2.45) is 0 Å². The van der Waals surface area contributed by atoms with Gasteiger partial charge in [-0.25, -0.2) is 4.98 Å². The molecule has 1 atom stereocenters. The Kier molecular flexibility index (Phi) is 7.46. The number of thioether (sulfide) groups is 1. The van der Waals surface area contributed by atoms with Gasteiger partial charge in [-0.15, -0.1) is 0 Å². The molecule has 7 heteroatoms. The molecule has 0 saturated carbocycles. The molecule has 0 aliphatic heterocycles. The van der Waals surface area contributed by atoms with Gasteiger partial charge in [0, 0.05) is 0 Å². The molecular formula is C28H27N3O3S. The van der Waals surface area contributed by atoms with Crippen LogP contribution in [0.4, 0.5) is 0 Å². The van der Waals surface area contributed by atoms with E-state index in [1.54, 1.807) is 16.7 Å². The summed E-state index contributed by atoms with van der Waals surface area (Å²) in [6.45, 7) is 5.39. The maximum atomic E-state index is 13.5. The molecule has 0 bridgehead atoms. The standard InChI is InChI=1S/C28H27N3O3S/c1-18-13-14-19(2)25(15-18)31-27(34)22-11-7-8-12-23(22)30-28(31)35-17-26(33)29-24(20(3)32)16-21-9-5-4-6-10-21/h4-15,24H,16-17H2,1-3H3,(H,29,33).